The van der Waals surface area contributed by atoms with E-state index in [0.29, 0.717) is 23.7 Å². The predicted octanol–water partition coefficient (Wildman–Crippen LogP) is 2.99. The number of nitro groups is 1. The zero-order valence-corrected chi connectivity index (χ0v) is 12.9. The highest BCUT2D eigenvalue weighted by atomic mass is 16.7. The summed E-state index contributed by atoms with van der Waals surface area (Å²) in [4.78, 5) is 23.8. The van der Waals surface area contributed by atoms with Gasteiger partial charge in [-0.3, -0.25) is 10.1 Å². The minimum atomic E-state index is -0.489. The number of anilines is 1. The van der Waals surface area contributed by atoms with E-state index < -0.39 is 4.92 Å². The average Bonchev–Trinajstić information content (AvgIpc) is 3.03. The number of non-ortho nitro benzene ring substituents is 1. The van der Waals surface area contributed by atoms with E-state index in [-0.39, 0.29) is 18.5 Å². The van der Waals surface area contributed by atoms with E-state index in [2.05, 4.69) is 5.32 Å². The molecule has 1 N–H and O–H groups in total. The van der Waals surface area contributed by atoms with Crippen molar-refractivity contribution < 1.29 is 19.2 Å². The third-order valence-electron chi connectivity index (χ3n) is 3.53. The van der Waals surface area contributed by atoms with Crippen molar-refractivity contribution in [3.8, 4) is 11.5 Å². The van der Waals surface area contributed by atoms with Crippen molar-refractivity contribution in [1.29, 1.82) is 0 Å². The molecular weight excluding hydrogens is 314 g/mol. The predicted molar refractivity (Wildman–Crippen MR) is 86.1 cm³/mol. The average molecular weight is 329 g/mol. The molecule has 8 nitrogen and oxygen atoms in total. The Balaban J connectivity index is 1.61. The fourth-order valence-electron chi connectivity index (χ4n) is 2.27. The second-order valence-electron chi connectivity index (χ2n) is 5.28. The number of rotatable bonds is 4. The van der Waals surface area contributed by atoms with Crippen LogP contribution in [0.3, 0.4) is 0 Å². The number of carbonyl (C=O) groups is 1. The van der Waals surface area contributed by atoms with E-state index >= 15 is 0 Å². The molecular formula is C16H15N3O5. The van der Waals surface area contributed by atoms with Crippen LogP contribution in [0, 0.1) is 10.1 Å². The second kappa shape index (κ2) is 6.45. The Hall–Kier alpha value is -3.29. The smallest absolute Gasteiger partial charge is 0.321 e. The summed E-state index contributed by atoms with van der Waals surface area (Å²) in [5.74, 6) is 1.36. The van der Waals surface area contributed by atoms with Crippen LogP contribution in [-0.2, 0) is 6.54 Å². The number of nitrogens with one attached hydrogen (secondary N) is 1. The summed E-state index contributed by atoms with van der Waals surface area (Å²) in [6.45, 7) is 0.588. The highest BCUT2D eigenvalue weighted by Gasteiger charge is 2.15. The third-order valence-corrected chi connectivity index (χ3v) is 3.53. The van der Waals surface area contributed by atoms with Crippen LogP contribution in [0.4, 0.5) is 16.2 Å². The Morgan fingerprint density at radius 3 is 2.62 bits per heavy atom. The van der Waals surface area contributed by atoms with Crippen molar-refractivity contribution >= 4 is 17.4 Å². The first-order chi connectivity index (χ1) is 11.5. The molecule has 0 saturated heterocycles. The molecule has 3 rings (SSSR count). The first-order valence-electron chi connectivity index (χ1n) is 7.18. The lowest BCUT2D eigenvalue weighted by atomic mass is 10.2. The van der Waals surface area contributed by atoms with Crippen molar-refractivity contribution in [2.75, 3.05) is 19.2 Å². The highest BCUT2D eigenvalue weighted by molar-refractivity contribution is 5.89. The van der Waals surface area contributed by atoms with Gasteiger partial charge in [0.25, 0.3) is 5.69 Å². The number of ether oxygens (including phenoxy) is 2. The van der Waals surface area contributed by atoms with Crippen LogP contribution in [0.5, 0.6) is 11.5 Å². The van der Waals surface area contributed by atoms with Crippen LogP contribution >= 0.6 is 0 Å². The molecule has 0 aliphatic carbocycles. The van der Waals surface area contributed by atoms with Gasteiger partial charge in [0.15, 0.2) is 11.5 Å². The van der Waals surface area contributed by atoms with Crippen molar-refractivity contribution in [2.45, 2.75) is 6.54 Å². The van der Waals surface area contributed by atoms with Crippen LogP contribution in [0.25, 0.3) is 0 Å². The zero-order valence-electron chi connectivity index (χ0n) is 12.9. The van der Waals surface area contributed by atoms with Gasteiger partial charge in [-0.25, -0.2) is 4.79 Å². The van der Waals surface area contributed by atoms with Gasteiger partial charge in [0.05, 0.1) is 4.92 Å². The molecule has 1 aliphatic heterocycles. The van der Waals surface area contributed by atoms with Gasteiger partial charge in [-0.15, -0.1) is 0 Å². The summed E-state index contributed by atoms with van der Waals surface area (Å²) >= 11 is 0. The maximum atomic E-state index is 12.2. The van der Waals surface area contributed by atoms with Crippen molar-refractivity contribution in [2.24, 2.45) is 0 Å². The molecule has 0 unspecified atom stereocenters. The third kappa shape index (κ3) is 3.37. The van der Waals surface area contributed by atoms with Crippen LogP contribution in [0.1, 0.15) is 5.56 Å². The van der Waals surface area contributed by atoms with Crippen LogP contribution < -0.4 is 14.8 Å². The van der Waals surface area contributed by atoms with E-state index in [1.807, 2.05) is 12.1 Å². The first-order valence-corrected chi connectivity index (χ1v) is 7.18. The summed E-state index contributed by atoms with van der Waals surface area (Å²) in [6, 6.07) is 10.8. The lowest BCUT2D eigenvalue weighted by molar-refractivity contribution is -0.384. The van der Waals surface area contributed by atoms with E-state index in [0.717, 1.165) is 5.56 Å². The Labute approximate surface area is 137 Å². The minimum Gasteiger partial charge on any atom is -0.454 e. The quantitative estimate of drug-likeness (QED) is 0.687. The van der Waals surface area contributed by atoms with Gasteiger partial charge in [0.1, 0.15) is 0 Å². The van der Waals surface area contributed by atoms with Crippen molar-refractivity contribution in [3.63, 3.8) is 0 Å². The second-order valence-corrected chi connectivity index (χ2v) is 5.28. The maximum Gasteiger partial charge on any atom is 0.321 e. The zero-order chi connectivity index (χ0) is 17.1. The number of nitrogens with zero attached hydrogens (tertiary/aromatic N) is 2. The first kappa shape index (κ1) is 15.6. The largest absolute Gasteiger partial charge is 0.454 e. The van der Waals surface area contributed by atoms with Gasteiger partial charge in [-0.1, -0.05) is 6.07 Å². The summed E-state index contributed by atoms with van der Waals surface area (Å²) in [5.41, 5.74) is 1.37. The highest BCUT2D eigenvalue weighted by Crippen LogP contribution is 2.32. The Morgan fingerprint density at radius 1 is 1.21 bits per heavy atom. The molecule has 8 heteroatoms. The van der Waals surface area contributed by atoms with Crippen LogP contribution in [0.2, 0.25) is 0 Å². The van der Waals surface area contributed by atoms with Gasteiger partial charge < -0.3 is 19.7 Å². The number of benzene rings is 2. The number of nitro benzene ring substituents is 1. The lowest BCUT2D eigenvalue weighted by Crippen LogP contribution is -2.30. The van der Waals surface area contributed by atoms with Gasteiger partial charge in [0.2, 0.25) is 6.79 Å². The number of hydrogen-bond donors (Lipinski definition) is 1. The standard InChI is InChI=1S/C16H15N3O5/c1-18(9-11-2-7-14-15(8-11)24-10-23-14)16(20)17-12-3-5-13(6-4-12)19(21)22/h2-8H,9-10H2,1H3,(H,17,20). The molecule has 0 spiro atoms. The normalized spacial score (nSPS) is 11.9. The monoisotopic (exact) mass is 329 g/mol. The Morgan fingerprint density at radius 2 is 1.92 bits per heavy atom. The minimum absolute atomic E-state index is 0.0262. The molecule has 0 aromatic heterocycles. The summed E-state index contributed by atoms with van der Waals surface area (Å²) in [5, 5.41) is 13.3. The molecule has 0 bridgehead atoms. The Kier molecular flexibility index (Phi) is 4.19. The molecule has 0 radical (unpaired) electrons. The number of carbonyl (C=O) groups excluding carboxylic acids is 1. The molecule has 0 atom stereocenters. The summed E-state index contributed by atoms with van der Waals surface area (Å²) in [6.07, 6.45) is 0. The molecule has 2 amide bonds. The SMILES string of the molecule is CN(Cc1ccc2c(c1)OCO2)C(=O)Nc1ccc([N+](=O)[O-])cc1. The van der Waals surface area contributed by atoms with Gasteiger partial charge in [0, 0.05) is 31.4 Å². The Bertz CT molecular complexity index is 776. The molecule has 124 valence electrons. The van der Waals surface area contributed by atoms with E-state index in [1.54, 1.807) is 13.1 Å². The molecule has 0 fully saturated rings. The molecule has 2 aromatic rings. The number of hydrogen-bond acceptors (Lipinski definition) is 5. The van der Waals surface area contributed by atoms with Crippen molar-refractivity contribution in [1.82, 2.24) is 4.90 Å². The number of fused-ring (bicyclic) bond motifs is 1. The number of urea groups is 1. The van der Waals surface area contributed by atoms with Gasteiger partial charge in [-0.05, 0) is 29.8 Å². The van der Waals surface area contributed by atoms with E-state index in [9.17, 15) is 14.9 Å². The molecule has 1 heterocycles. The fourth-order valence-corrected chi connectivity index (χ4v) is 2.27. The maximum absolute atomic E-state index is 12.2. The molecule has 24 heavy (non-hydrogen) atoms. The van der Waals surface area contributed by atoms with Crippen LogP contribution in [0.15, 0.2) is 42.5 Å². The molecule has 2 aromatic carbocycles. The van der Waals surface area contributed by atoms with E-state index in [1.165, 1.54) is 29.2 Å². The van der Waals surface area contributed by atoms with Crippen molar-refractivity contribution in [3.05, 3.63) is 58.1 Å². The number of amides is 2. The molecule has 0 saturated carbocycles. The van der Waals surface area contributed by atoms with Crippen LogP contribution in [-0.4, -0.2) is 29.7 Å². The van der Waals surface area contributed by atoms with Gasteiger partial charge in [-0.2, -0.15) is 0 Å². The summed E-state index contributed by atoms with van der Waals surface area (Å²) < 4.78 is 10.6. The summed E-state index contributed by atoms with van der Waals surface area (Å²) in [7, 11) is 1.66. The topological polar surface area (TPSA) is 93.9 Å². The van der Waals surface area contributed by atoms with Gasteiger partial charge >= 0.3 is 6.03 Å². The fraction of sp³-hybridized carbons (Fsp3) is 0.188. The lowest BCUT2D eigenvalue weighted by Gasteiger charge is -2.18. The molecule has 1 aliphatic rings. The van der Waals surface area contributed by atoms with E-state index in [4.69, 9.17) is 9.47 Å².